The van der Waals surface area contributed by atoms with E-state index < -0.39 is 5.56 Å². The Bertz CT molecular complexity index is 1260. The van der Waals surface area contributed by atoms with Crippen LogP contribution in [0.5, 0.6) is 5.75 Å². The number of fused-ring (bicyclic) bond motifs is 1. The molecule has 4 aromatic rings. The van der Waals surface area contributed by atoms with Crippen molar-refractivity contribution in [3.8, 4) is 11.4 Å². The zero-order valence-corrected chi connectivity index (χ0v) is 16.6. The van der Waals surface area contributed by atoms with E-state index in [4.69, 9.17) is 4.74 Å². The van der Waals surface area contributed by atoms with E-state index in [1.54, 1.807) is 6.07 Å². The molecular formula is C21H20N6O3. The van der Waals surface area contributed by atoms with Crippen LogP contribution in [0, 0.1) is 6.92 Å². The quantitative estimate of drug-likeness (QED) is 0.529. The Morgan fingerprint density at radius 2 is 1.90 bits per heavy atom. The van der Waals surface area contributed by atoms with Gasteiger partial charge in [-0.2, -0.15) is 4.68 Å². The maximum atomic E-state index is 12.8. The summed E-state index contributed by atoms with van der Waals surface area (Å²) in [4.78, 5) is 29.5. The first-order valence-corrected chi connectivity index (χ1v) is 9.46. The lowest BCUT2D eigenvalue weighted by atomic mass is 10.2. The molecule has 0 fully saturated rings. The molecule has 1 amide bonds. The zero-order chi connectivity index (χ0) is 21.1. The van der Waals surface area contributed by atoms with Crippen molar-refractivity contribution in [2.45, 2.75) is 20.4 Å². The lowest BCUT2D eigenvalue weighted by Crippen LogP contribution is -2.28. The molecule has 9 heteroatoms. The molecule has 0 unspecified atom stereocenters. The summed E-state index contributed by atoms with van der Waals surface area (Å²) in [6.07, 6.45) is 1.33. The first-order valence-electron chi connectivity index (χ1n) is 9.46. The maximum absolute atomic E-state index is 12.8. The van der Waals surface area contributed by atoms with Crippen LogP contribution in [0.4, 0.5) is 5.69 Å². The van der Waals surface area contributed by atoms with Crippen molar-refractivity contribution in [1.29, 1.82) is 0 Å². The second-order valence-corrected chi connectivity index (χ2v) is 6.64. The van der Waals surface area contributed by atoms with Crippen molar-refractivity contribution >= 4 is 22.8 Å². The molecule has 0 bridgehead atoms. The lowest BCUT2D eigenvalue weighted by molar-refractivity contribution is -0.116. The molecule has 0 aliphatic rings. The van der Waals surface area contributed by atoms with Crippen molar-refractivity contribution in [1.82, 2.24) is 24.5 Å². The van der Waals surface area contributed by atoms with E-state index in [1.165, 1.54) is 15.6 Å². The van der Waals surface area contributed by atoms with Gasteiger partial charge >= 0.3 is 0 Å². The number of anilines is 1. The number of hydrogen-bond acceptors (Lipinski definition) is 6. The molecule has 0 aliphatic carbocycles. The molecule has 0 saturated carbocycles. The monoisotopic (exact) mass is 404 g/mol. The number of ether oxygens (including phenoxy) is 1. The van der Waals surface area contributed by atoms with Crippen LogP contribution in [0.25, 0.3) is 16.9 Å². The molecule has 30 heavy (non-hydrogen) atoms. The fourth-order valence-electron chi connectivity index (χ4n) is 3.04. The summed E-state index contributed by atoms with van der Waals surface area (Å²) in [5.41, 5.74) is 2.31. The molecule has 9 nitrogen and oxygen atoms in total. The Morgan fingerprint density at radius 1 is 1.13 bits per heavy atom. The molecule has 0 saturated heterocycles. The minimum absolute atomic E-state index is 0.0927. The lowest BCUT2D eigenvalue weighted by Gasteiger charge is -2.09. The molecule has 4 rings (SSSR count). The molecule has 0 radical (unpaired) electrons. The fourth-order valence-corrected chi connectivity index (χ4v) is 3.04. The topological polar surface area (TPSA) is 104 Å². The van der Waals surface area contributed by atoms with Crippen molar-refractivity contribution in [2.75, 3.05) is 11.9 Å². The predicted octanol–water partition coefficient (Wildman–Crippen LogP) is 2.32. The largest absolute Gasteiger partial charge is 0.494 e. The molecule has 0 aliphatic heterocycles. The highest BCUT2D eigenvalue weighted by Gasteiger charge is 2.15. The number of benzene rings is 2. The normalized spacial score (nSPS) is 10.9. The predicted molar refractivity (Wildman–Crippen MR) is 112 cm³/mol. The van der Waals surface area contributed by atoms with Gasteiger partial charge in [0.15, 0.2) is 11.2 Å². The summed E-state index contributed by atoms with van der Waals surface area (Å²) in [6.45, 7) is 4.21. The highest BCUT2D eigenvalue weighted by Crippen LogP contribution is 2.17. The SMILES string of the molecule is CCOc1ccc(-n2nnc3c(=O)n(CC(=O)Nc4ccccc4C)cnc32)cc1. The van der Waals surface area contributed by atoms with Crippen LogP contribution < -0.4 is 15.6 Å². The van der Waals surface area contributed by atoms with Crippen LogP contribution in [-0.4, -0.2) is 37.1 Å². The standard InChI is InChI=1S/C21H20N6O3/c1-3-30-16-10-8-15(9-11-16)27-20-19(24-25-27)21(29)26(13-22-20)12-18(28)23-17-7-5-4-6-14(17)2/h4-11,13H,3,12H2,1-2H3,(H,23,28). The van der Waals surface area contributed by atoms with Gasteiger partial charge in [0.05, 0.1) is 12.3 Å². The third kappa shape index (κ3) is 3.77. The van der Waals surface area contributed by atoms with Crippen LogP contribution in [0.2, 0.25) is 0 Å². The van der Waals surface area contributed by atoms with Crippen LogP contribution in [0.3, 0.4) is 0 Å². The number of aryl methyl sites for hydroxylation is 1. The van der Waals surface area contributed by atoms with E-state index in [2.05, 4.69) is 20.6 Å². The van der Waals surface area contributed by atoms with Crippen molar-refractivity contribution in [3.63, 3.8) is 0 Å². The van der Waals surface area contributed by atoms with Crippen molar-refractivity contribution in [3.05, 3.63) is 70.8 Å². The van der Waals surface area contributed by atoms with Crippen LogP contribution in [0.15, 0.2) is 59.7 Å². The van der Waals surface area contributed by atoms with Gasteiger partial charge in [0, 0.05) is 5.69 Å². The van der Waals surface area contributed by atoms with Gasteiger partial charge in [0.25, 0.3) is 5.56 Å². The van der Waals surface area contributed by atoms with Gasteiger partial charge in [-0.1, -0.05) is 23.4 Å². The van der Waals surface area contributed by atoms with E-state index in [-0.39, 0.29) is 18.0 Å². The van der Waals surface area contributed by atoms with E-state index in [1.807, 2.05) is 56.3 Å². The minimum Gasteiger partial charge on any atom is -0.494 e. The number of nitrogens with one attached hydrogen (secondary N) is 1. The summed E-state index contributed by atoms with van der Waals surface area (Å²) in [6, 6.07) is 14.7. The average Bonchev–Trinajstić information content (AvgIpc) is 3.17. The van der Waals surface area contributed by atoms with Gasteiger partial charge in [-0.05, 0) is 49.7 Å². The van der Waals surface area contributed by atoms with Gasteiger partial charge in [-0.15, -0.1) is 5.10 Å². The van der Waals surface area contributed by atoms with E-state index in [0.29, 0.717) is 23.6 Å². The smallest absolute Gasteiger partial charge is 0.284 e. The van der Waals surface area contributed by atoms with Crippen LogP contribution >= 0.6 is 0 Å². The highest BCUT2D eigenvalue weighted by atomic mass is 16.5. The summed E-state index contributed by atoms with van der Waals surface area (Å²) < 4.78 is 8.13. The molecule has 0 atom stereocenters. The molecule has 0 spiro atoms. The van der Waals surface area contributed by atoms with Crippen LogP contribution in [0.1, 0.15) is 12.5 Å². The van der Waals surface area contributed by atoms with Gasteiger partial charge in [0.1, 0.15) is 18.6 Å². The zero-order valence-electron chi connectivity index (χ0n) is 16.6. The first-order chi connectivity index (χ1) is 14.6. The fraction of sp³-hybridized carbons (Fsp3) is 0.190. The van der Waals surface area contributed by atoms with Gasteiger partial charge in [-0.3, -0.25) is 14.2 Å². The molecule has 1 N–H and O–H groups in total. The van der Waals surface area contributed by atoms with E-state index in [0.717, 1.165) is 11.3 Å². The average molecular weight is 404 g/mol. The number of nitrogens with zero attached hydrogens (tertiary/aromatic N) is 5. The molecular weight excluding hydrogens is 384 g/mol. The number of amides is 1. The summed E-state index contributed by atoms with van der Waals surface area (Å²) in [5.74, 6) is 0.409. The molecule has 2 aromatic carbocycles. The van der Waals surface area contributed by atoms with Gasteiger partial charge < -0.3 is 10.1 Å². The summed E-state index contributed by atoms with van der Waals surface area (Å²) in [7, 11) is 0. The number of carbonyl (C=O) groups excluding carboxylic acids is 1. The van der Waals surface area contributed by atoms with Gasteiger partial charge in [-0.25, -0.2) is 4.98 Å². The molecule has 2 heterocycles. The first kappa shape index (κ1) is 19.3. The Balaban J connectivity index is 1.58. The second kappa shape index (κ2) is 8.16. The Hall–Kier alpha value is -4.01. The van der Waals surface area contributed by atoms with E-state index >= 15 is 0 Å². The van der Waals surface area contributed by atoms with E-state index in [9.17, 15) is 9.59 Å². The number of rotatable bonds is 6. The Morgan fingerprint density at radius 3 is 2.63 bits per heavy atom. The molecule has 152 valence electrons. The van der Waals surface area contributed by atoms with Crippen molar-refractivity contribution in [2.24, 2.45) is 0 Å². The van der Waals surface area contributed by atoms with Gasteiger partial charge in [0.2, 0.25) is 5.91 Å². The third-order valence-electron chi connectivity index (χ3n) is 4.55. The Kier molecular flexibility index (Phi) is 5.25. The number of aromatic nitrogens is 5. The summed E-state index contributed by atoms with van der Waals surface area (Å²) in [5, 5.41) is 10.8. The number of carbonyl (C=O) groups is 1. The number of para-hydroxylation sites is 1. The second-order valence-electron chi connectivity index (χ2n) is 6.64. The highest BCUT2D eigenvalue weighted by molar-refractivity contribution is 5.91. The third-order valence-corrected chi connectivity index (χ3v) is 4.55. The Labute approximate surface area is 171 Å². The maximum Gasteiger partial charge on any atom is 0.284 e. The van der Waals surface area contributed by atoms with Crippen molar-refractivity contribution < 1.29 is 9.53 Å². The summed E-state index contributed by atoms with van der Waals surface area (Å²) >= 11 is 0. The number of hydrogen-bond donors (Lipinski definition) is 1. The van der Waals surface area contributed by atoms with Crippen LogP contribution in [-0.2, 0) is 11.3 Å². The molecule has 2 aromatic heterocycles. The minimum atomic E-state index is -0.433.